The summed E-state index contributed by atoms with van der Waals surface area (Å²) in [6, 6.07) is 0. The fourth-order valence-corrected chi connectivity index (χ4v) is 9.75. The third-order valence-electron chi connectivity index (χ3n) is 12.0. The van der Waals surface area contributed by atoms with Crippen LogP contribution in [0, 0.1) is 52.3 Å². The van der Waals surface area contributed by atoms with E-state index < -0.39 is 17.8 Å². The van der Waals surface area contributed by atoms with Gasteiger partial charge in [-0.25, -0.2) is 0 Å². The molecular formula is C33H54O6. The summed E-state index contributed by atoms with van der Waals surface area (Å²) in [6.07, 6.45) is 7.98. The van der Waals surface area contributed by atoms with E-state index in [1.807, 2.05) is 6.08 Å². The number of ketones is 1. The maximum Gasteiger partial charge on any atom is 0.159 e. The van der Waals surface area contributed by atoms with Gasteiger partial charge in [0.05, 0.1) is 18.3 Å². The lowest BCUT2D eigenvalue weighted by molar-refractivity contribution is -0.165. The molecule has 0 aromatic rings. The molecule has 0 aromatic heterocycles. The lowest BCUT2D eigenvalue weighted by Crippen LogP contribution is -2.60. The molecular weight excluding hydrogens is 492 g/mol. The topological polar surface area (TPSA) is 104 Å². The van der Waals surface area contributed by atoms with E-state index in [2.05, 4.69) is 34.6 Å². The minimum Gasteiger partial charge on any atom is -0.396 e. The first kappa shape index (κ1) is 30.9. The van der Waals surface area contributed by atoms with E-state index in [1.54, 1.807) is 13.8 Å². The first-order chi connectivity index (χ1) is 18.2. The Hall–Kier alpha value is -1.08. The molecule has 3 fully saturated rings. The third kappa shape index (κ3) is 5.45. The van der Waals surface area contributed by atoms with Crippen molar-refractivity contribution in [2.45, 2.75) is 124 Å². The Labute approximate surface area is 236 Å². The van der Waals surface area contributed by atoms with Crippen LogP contribution < -0.4 is 0 Å². The highest BCUT2D eigenvalue weighted by Gasteiger charge is 2.66. The molecule has 0 spiro atoms. The van der Waals surface area contributed by atoms with Crippen molar-refractivity contribution in [3.63, 3.8) is 0 Å². The molecule has 4 aliphatic rings. The summed E-state index contributed by atoms with van der Waals surface area (Å²) >= 11 is 0. The molecule has 12 atom stereocenters. The molecule has 0 bridgehead atoms. The summed E-state index contributed by atoms with van der Waals surface area (Å²) in [7, 11) is 0. The molecule has 222 valence electrons. The molecule has 39 heavy (non-hydrogen) atoms. The lowest BCUT2D eigenvalue weighted by atomic mass is 9.45. The lowest BCUT2D eigenvalue weighted by Gasteiger charge is -2.59. The number of hydrogen-bond donors (Lipinski definition) is 3. The minimum atomic E-state index is -0.862. The second-order valence-corrected chi connectivity index (χ2v) is 14.8. The number of allylic oxidation sites excluding steroid dienone is 1. The summed E-state index contributed by atoms with van der Waals surface area (Å²) in [5.74, 6) is 0.692. The van der Waals surface area contributed by atoms with Gasteiger partial charge in [0.2, 0.25) is 0 Å². The number of fused-ring (bicyclic) bond motifs is 5. The highest BCUT2D eigenvalue weighted by atomic mass is 16.5. The fraction of sp³-hybridized carbons (Fsp3) is 0.879. The van der Waals surface area contributed by atoms with E-state index in [9.17, 15) is 24.9 Å². The van der Waals surface area contributed by atoms with Gasteiger partial charge in [-0.3, -0.25) is 4.79 Å². The molecule has 3 saturated carbocycles. The van der Waals surface area contributed by atoms with Gasteiger partial charge in [-0.2, -0.15) is 0 Å². The van der Waals surface area contributed by atoms with Gasteiger partial charge in [0.25, 0.3) is 0 Å². The van der Waals surface area contributed by atoms with Crippen LogP contribution in [0.15, 0.2) is 11.6 Å². The van der Waals surface area contributed by atoms with E-state index in [4.69, 9.17) is 4.74 Å². The molecule has 0 radical (unpaired) electrons. The van der Waals surface area contributed by atoms with Crippen LogP contribution in [-0.4, -0.2) is 57.9 Å². The van der Waals surface area contributed by atoms with Crippen molar-refractivity contribution >= 4 is 12.1 Å². The van der Waals surface area contributed by atoms with Crippen molar-refractivity contribution in [1.29, 1.82) is 0 Å². The highest BCUT2D eigenvalue weighted by molar-refractivity contribution is 5.94. The number of rotatable bonds is 10. The van der Waals surface area contributed by atoms with Crippen molar-refractivity contribution in [2.24, 2.45) is 52.3 Å². The molecule has 0 saturated heterocycles. The van der Waals surface area contributed by atoms with Gasteiger partial charge in [-0.1, -0.05) is 53.0 Å². The van der Waals surface area contributed by atoms with Crippen LogP contribution in [0.1, 0.15) is 99.8 Å². The molecule has 0 aromatic carbocycles. The number of carbonyl (C=O) groups is 2. The average Bonchev–Trinajstić information content (AvgIpc) is 3.14. The first-order valence-electron chi connectivity index (χ1n) is 15.6. The van der Waals surface area contributed by atoms with Gasteiger partial charge < -0.3 is 24.9 Å². The number of carbonyl (C=O) groups excluding carboxylic acids is 2. The van der Waals surface area contributed by atoms with Crippen molar-refractivity contribution in [3.05, 3.63) is 11.6 Å². The molecule has 4 rings (SSSR count). The van der Waals surface area contributed by atoms with Crippen LogP contribution in [0.5, 0.6) is 0 Å². The second-order valence-electron chi connectivity index (χ2n) is 14.8. The molecule has 3 N–H and O–H groups in total. The van der Waals surface area contributed by atoms with Crippen LogP contribution in [0.4, 0.5) is 0 Å². The minimum absolute atomic E-state index is 0.0490. The van der Waals surface area contributed by atoms with E-state index in [0.717, 1.165) is 44.0 Å². The average molecular weight is 547 g/mol. The summed E-state index contributed by atoms with van der Waals surface area (Å²) in [5.41, 5.74) is -0.437. The molecule has 0 amide bonds. The zero-order valence-corrected chi connectivity index (χ0v) is 25.4. The monoisotopic (exact) mass is 546 g/mol. The van der Waals surface area contributed by atoms with Gasteiger partial charge >= 0.3 is 0 Å². The van der Waals surface area contributed by atoms with Gasteiger partial charge in [0, 0.05) is 24.4 Å². The van der Waals surface area contributed by atoms with Crippen LogP contribution in [0.2, 0.25) is 0 Å². The summed E-state index contributed by atoms with van der Waals surface area (Å²) in [5, 5.41) is 33.0. The van der Waals surface area contributed by atoms with Crippen molar-refractivity contribution in [1.82, 2.24) is 0 Å². The fourth-order valence-electron chi connectivity index (χ4n) is 9.75. The number of aldehydes is 1. The summed E-state index contributed by atoms with van der Waals surface area (Å²) < 4.78 is 6.10. The quantitative estimate of drug-likeness (QED) is 0.329. The summed E-state index contributed by atoms with van der Waals surface area (Å²) in [4.78, 5) is 25.3. The van der Waals surface area contributed by atoms with Crippen LogP contribution >= 0.6 is 0 Å². The molecule has 0 aliphatic heterocycles. The Morgan fingerprint density at radius 1 is 1.15 bits per heavy atom. The normalized spacial score (nSPS) is 42.6. The van der Waals surface area contributed by atoms with Crippen LogP contribution in [0.3, 0.4) is 0 Å². The molecule has 0 unspecified atom stereocenters. The zero-order valence-electron chi connectivity index (χ0n) is 25.4. The second kappa shape index (κ2) is 11.3. The maximum absolute atomic E-state index is 13.9. The molecule has 4 aliphatic carbocycles. The smallest absolute Gasteiger partial charge is 0.159 e. The number of ether oxygens (including phenoxy) is 1. The third-order valence-corrected chi connectivity index (χ3v) is 12.0. The Kier molecular flexibility index (Phi) is 8.95. The Morgan fingerprint density at radius 3 is 2.46 bits per heavy atom. The van der Waals surface area contributed by atoms with Crippen molar-refractivity contribution in [2.75, 3.05) is 6.61 Å². The van der Waals surface area contributed by atoms with Gasteiger partial charge in [0.1, 0.15) is 5.60 Å². The summed E-state index contributed by atoms with van der Waals surface area (Å²) in [6.45, 7) is 14.8. The standard InChI is InChI=1S/C33H54O6/c1-8-21(20(3)17-34)10-9-19(2)24-15-26(37)29-28-25(36)14-22-13-23(39-31(4,5)18-35)11-12-32(22,6)30(28)27(38)16-33(24,29)7/h14,18-21,23-24,26-30,34,37-38H,8-13,15-17H2,1-7H3/t19-,20-,21-,23+,24-,26-,27-,28+,29+,30-,32+,33-/m1/s1. The number of aliphatic hydroxyl groups is 3. The molecule has 0 heterocycles. The Morgan fingerprint density at radius 2 is 1.85 bits per heavy atom. The number of hydrogen-bond acceptors (Lipinski definition) is 6. The first-order valence-corrected chi connectivity index (χ1v) is 15.6. The molecule has 6 nitrogen and oxygen atoms in total. The number of aliphatic hydroxyl groups excluding tert-OH is 3. The largest absolute Gasteiger partial charge is 0.396 e. The van der Waals surface area contributed by atoms with Gasteiger partial charge in [0.15, 0.2) is 12.1 Å². The van der Waals surface area contributed by atoms with E-state index in [1.165, 1.54) is 0 Å². The van der Waals surface area contributed by atoms with Crippen LogP contribution in [0.25, 0.3) is 0 Å². The van der Waals surface area contributed by atoms with Crippen LogP contribution in [-0.2, 0) is 14.3 Å². The van der Waals surface area contributed by atoms with Crippen molar-refractivity contribution < 1.29 is 29.6 Å². The van der Waals surface area contributed by atoms with E-state index in [0.29, 0.717) is 31.1 Å². The van der Waals surface area contributed by atoms with Gasteiger partial charge in [-0.05, 0) is 93.0 Å². The Bertz CT molecular complexity index is 942. The maximum atomic E-state index is 13.9. The van der Waals surface area contributed by atoms with Crippen molar-refractivity contribution in [3.8, 4) is 0 Å². The van der Waals surface area contributed by atoms with E-state index >= 15 is 0 Å². The SMILES string of the molecule is CC[C@H](CC[C@@H](C)[C@H]1C[C@@H](O)[C@H]2[C@@H]3C(=O)C=C4C[C@@H](OC(C)(C)C=O)CC[C@]4(C)[C@@H]3[C@H](O)C[C@@]21C)[C@H](C)CO. The van der Waals surface area contributed by atoms with E-state index in [-0.39, 0.29) is 58.9 Å². The van der Waals surface area contributed by atoms with Gasteiger partial charge in [-0.15, -0.1) is 0 Å². The molecule has 6 heteroatoms. The predicted molar refractivity (Wildman–Crippen MR) is 152 cm³/mol. The zero-order chi connectivity index (χ0) is 28.9. The predicted octanol–water partition coefficient (Wildman–Crippen LogP) is 5.12. The Balaban J connectivity index is 1.57. The highest BCUT2D eigenvalue weighted by Crippen LogP contribution is 2.67.